The summed E-state index contributed by atoms with van der Waals surface area (Å²) in [6.07, 6.45) is 0. The second-order valence-corrected chi connectivity index (χ2v) is 4.05. The molecule has 15 heavy (non-hydrogen) atoms. The standard InChI is InChI=1S/C8H9F2NO3S/c9-8(10,6-14-15(11,12)13)7-4-2-1-3-5-7/h1-5H,6H2,(H2,11,12,13). The van der Waals surface area contributed by atoms with Gasteiger partial charge in [0.05, 0.1) is 0 Å². The highest BCUT2D eigenvalue weighted by Crippen LogP contribution is 2.27. The van der Waals surface area contributed by atoms with Crippen LogP contribution in [0.15, 0.2) is 30.3 Å². The molecule has 0 aliphatic rings. The van der Waals surface area contributed by atoms with Crippen LogP contribution in [0.4, 0.5) is 8.78 Å². The van der Waals surface area contributed by atoms with E-state index in [1.807, 2.05) is 0 Å². The molecule has 0 bridgehead atoms. The molecule has 0 aromatic heterocycles. The summed E-state index contributed by atoms with van der Waals surface area (Å²) in [5, 5.41) is 4.44. The highest BCUT2D eigenvalue weighted by molar-refractivity contribution is 7.84. The molecule has 7 heteroatoms. The number of rotatable bonds is 4. The molecule has 0 saturated carbocycles. The van der Waals surface area contributed by atoms with Crippen LogP contribution < -0.4 is 5.14 Å². The Morgan fingerprint density at radius 3 is 2.27 bits per heavy atom. The molecule has 0 unspecified atom stereocenters. The van der Waals surface area contributed by atoms with Gasteiger partial charge in [-0.05, 0) is 0 Å². The molecule has 0 radical (unpaired) electrons. The minimum Gasteiger partial charge on any atom is -0.251 e. The monoisotopic (exact) mass is 237 g/mol. The van der Waals surface area contributed by atoms with Crippen molar-refractivity contribution in [3.8, 4) is 0 Å². The Bertz CT molecular complexity index is 419. The van der Waals surface area contributed by atoms with E-state index in [0.717, 1.165) is 0 Å². The van der Waals surface area contributed by atoms with E-state index in [1.54, 1.807) is 6.07 Å². The van der Waals surface area contributed by atoms with Gasteiger partial charge in [0.15, 0.2) is 0 Å². The molecule has 0 atom stereocenters. The summed E-state index contributed by atoms with van der Waals surface area (Å²) in [6.45, 7) is -1.30. The average molecular weight is 237 g/mol. The summed E-state index contributed by atoms with van der Waals surface area (Å²) >= 11 is 0. The van der Waals surface area contributed by atoms with Crippen LogP contribution in [0.1, 0.15) is 5.56 Å². The number of hydrogen-bond acceptors (Lipinski definition) is 3. The molecular formula is C8H9F2NO3S. The molecule has 0 aliphatic heterocycles. The van der Waals surface area contributed by atoms with Gasteiger partial charge in [-0.25, -0.2) is 5.14 Å². The lowest BCUT2D eigenvalue weighted by molar-refractivity contribution is -0.0450. The van der Waals surface area contributed by atoms with Crippen molar-refractivity contribution in [2.24, 2.45) is 5.14 Å². The first-order valence-corrected chi connectivity index (χ1v) is 5.39. The molecule has 84 valence electrons. The van der Waals surface area contributed by atoms with Gasteiger partial charge in [-0.3, -0.25) is 4.18 Å². The van der Waals surface area contributed by atoms with Crippen molar-refractivity contribution in [1.82, 2.24) is 0 Å². The fourth-order valence-corrected chi connectivity index (χ4v) is 1.23. The van der Waals surface area contributed by atoms with Gasteiger partial charge in [-0.2, -0.15) is 17.2 Å². The van der Waals surface area contributed by atoms with Crippen LogP contribution in [0.2, 0.25) is 0 Å². The minimum atomic E-state index is -4.35. The first-order chi connectivity index (χ1) is 6.81. The molecule has 0 spiro atoms. The van der Waals surface area contributed by atoms with Gasteiger partial charge in [-0.1, -0.05) is 30.3 Å². The Morgan fingerprint density at radius 1 is 1.27 bits per heavy atom. The highest BCUT2D eigenvalue weighted by atomic mass is 32.2. The van der Waals surface area contributed by atoms with E-state index >= 15 is 0 Å². The molecule has 2 N–H and O–H groups in total. The highest BCUT2D eigenvalue weighted by Gasteiger charge is 2.33. The molecule has 0 aliphatic carbocycles. The first-order valence-electron chi connectivity index (χ1n) is 3.92. The molecular weight excluding hydrogens is 228 g/mol. The SMILES string of the molecule is NS(=O)(=O)OCC(F)(F)c1ccccc1. The van der Waals surface area contributed by atoms with E-state index in [4.69, 9.17) is 0 Å². The van der Waals surface area contributed by atoms with Gasteiger partial charge in [0.1, 0.15) is 6.61 Å². The predicted octanol–water partition coefficient (Wildman–Crippen LogP) is 0.999. The lowest BCUT2D eigenvalue weighted by Crippen LogP contribution is -2.26. The summed E-state index contributed by atoms with van der Waals surface area (Å²) < 4.78 is 51.0. The number of alkyl halides is 2. The largest absolute Gasteiger partial charge is 0.333 e. The Balaban J connectivity index is 2.76. The third-order valence-electron chi connectivity index (χ3n) is 1.60. The molecule has 4 nitrogen and oxygen atoms in total. The first kappa shape index (κ1) is 12.0. The van der Waals surface area contributed by atoms with Gasteiger partial charge in [0.2, 0.25) is 0 Å². The van der Waals surface area contributed by atoms with Crippen LogP contribution in [0.3, 0.4) is 0 Å². The maximum absolute atomic E-state index is 13.2. The van der Waals surface area contributed by atoms with Crippen molar-refractivity contribution in [3.05, 3.63) is 35.9 Å². The molecule has 1 aromatic carbocycles. The summed E-state index contributed by atoms with van der Waals surface area (Å²) in [5.74, 6) is -3.38. The zero-order chi connectivity index (χ0) is 11.5. The zero-order valence-electron chi connectivity index (χ0n) is 7.56. The van der Waals surface area contributed by atoms with E-state index in [9.17, 15) is 17.2 Å². The lowest BCUT2D eigenvalue weighted by Gasteiger charge is -2.15. The molecule has 0 saturated heterocycles. The molecule has 0 amide bonds. The zero-order valence-corrected chi connectivity index (χ0v) is 8.38. The molecule has 1 rings (SSSR count). The minimum absolute atomic E-state index is 0.325. The van der Waals surface area contributed by atoms with E-state index in [1.165, 1.54) is 24.3 Å². The fourth-order valence-electron chi connectivity index (χ4n) is 0.921. The summed E-state index contributed by atoms with van der Waals surface area (Å²) in [6, 6.07) is 6.75. The average Bonchev–Trinajstić information content (AvgIpc) is 2.16. The molecule has 1 aromatic rings. The molecule has 0 fully saturated rings. The maximum atomic E-state index is 13.2. The lowest BCUT2D eigenvalue weighted by atomic mass is 10.1. The Labute approximate surface area is 85.9 Å². The topological polar surface area (TPSA) is 69.4 Å². The molecule has 0 heterocycles. The Morgan fingerprint density at radius 2 is 1.80 bits per heavy atom. The van der Waals surface area contributed by atoms with Gasteiger partial charge in [0.25, 0.3) is 5.92 Å². The predicted molar refractivity (Wildman–Crippen MR) is 49.4 cm³/mol. The van der Waals surface area contributed by atoms with Crippen molar-refractivity contribution in [2.75, 3.05) is 6.61 Å². The number of benzene rings is 1. The number of hydrogen-bond donors (Lipinski definition) is 1. The van der Waals surface area contributed by atoms with E-state index < -0.39 is 22.8 Å². The van der Waals surface area contributed by atoms with Crippen molar-refractivity contribution >= 4 is 10.3 Å². The van der Waals surface area contributed by atoms with Gasteiger partial charge >= 0.3 is 10.3 Å². The second-order valence-electron chi connectivity index (χ2n) is 2.83. The van der Waals surface area contributed by atoms with Crippen LogP contribution in [-0.4, -0.2) is 15.0 Å². The maximum Gasteiger partial charge on any atom is 0.333 e. The third-order valence-corrected chi connectivity index (χ3v) is 2.05. The van der Waals surface area contributed by atoms with E-state index in [2.05, 4.69) is 9.32 Å². The Hall–Kier alpha value is -1.05. The van der Waals surface area contributed by atoms with Crippen LogP contribution in [0, 0.1) is 0 Å². The van der Waals surface area contributed by atoms with E-state index in [-0.39, 0.29) is 5.56 Å². The smallest absolute Gasteiger partial charge is 0.251 e. The number of halogens is 2. The number of nitrogens with two attached hydrogens (primary N) is 1. The third kappa shape index (κ3) is 3.90. The van der Waals surface area contributed by atoms with Crippen molar-refractivity contribution in [3.63, 3.8) is 0 Å². The summed E-state index contributed by atoms with van der Waals surface area (Å²) in [4.78, 5) is 0. The Kier molecular flexibility index (Phi) is 3.38. The van der Waals surface area contributed by atoms with E-state index in [0.29, 0.717) is 0 Å². The van der Waals surface area contributed by atoms with Crippen molar-refractivity contribution in [2.45, 2.75) is 5.92 Å². The van der Waals surface area contributed by atoms with Gasteiger partial charge in [-0.15, -0.1) is 0 Å². The van der Waals surface area contributed by atoms with Crippen molar-refractivity contribution in [1.29, 1.82) is 0 Å². The van der Waals surface area contributed by atoms with Crippen LogP contribution >= 0.6 is 0 Å². The van der Waals surface area contributed by atoms with Crippen LogP contribution in [-0.2, 0) is 20.4 Å². The van der Waals surface area contributed by atoms with Crippen LogP contribution in [0.25, 0.3) is 0 Å². The summed E-state index contributed by atoms with van der Waals surface area (Å²) in [5.41, 5.74) is -0.325. The summed E-state index contributed by atoms with van der Waals surface area (Å²) in [7, 11) is -4.35. The van der Waals surface area contributed by atoms with Gasteiger partial charge in [0, 0.05) is 5.56 Å². The van der Waals surface area contributed by atoms with Crippen LogP contribution in [0.5, 0.6) is 0 Å². The normalized spacial score (nSPS) is 12.7. The second kappa shape index (κ2) is 4.21. The van der Waals surface area contributed by atoms with Gasteiger partial charge < -0.3 is 0 Å². The fraction of sp³-hybridized carbons (Fsp3) is 0.250. The quantitative estimate of drug-likeness (QED) is 0.849. The van der Waals surface area contributed by atoms with Crippen molar-refractivity contribution < 1.29 is 21.4 Å².